The fourth-order valence-electron chi connectivity index (χ4n) is 2.87. The number of rotatable bonds is 8. The third-order valence-corrected chi connectivity index (χ3v) is 4.39. The van der Waals surface area contributed by atoms with Gasteiger partial charge in [-0.05, 0) is 54.3 Å². The Bertz CT molecular complexity index is 936. The molecule has 1 aromatic heterocycles. The summed E-state index contributed by atoms with van der Waals surface area (Å²) in [5.41, 5.74) is 2.66. The number of carbonyl (C=O) groups excluding carboxylic acids is 1. The number of anilines is 1. The maximum Gasteiger partial charge on any atom is 0.262 e. The lowest BCUT2D eigenvalue weighted by Crippen LogP contribution is -2.20. The van der Waals surface area contributed by atoms with Gasteiger partial charge in [0.25, 0.3) is 5.91 Å². The van der Waals surface area contributed by atoms with Crippen molar-refractivity contribution in [3.8, 4) is 11.5 Å². The van der Waals surface area contributed by atoms with Gasteiger partial charge in [0, 0.05) is 11.6 Å². The van der Waals surface area contributed by atoms with Crippen LogP contribution in [-0.2, 0) is 4.79 Å². The van der Waals surface area contributed by atoms with Gasteiger partial charge in [-0.3, -0.25) is 9.78 Å². The molecular formula is C23H26N2O3. The Labute approximate surface area is 165 Å². The molecule has 3 aromatic rings. The molecule has 0 saturated carbocycles. The number of hydrogen-bond donors (Lipinski definition) is 1. The van der Waals surface area contributed by atoms with Crippen molar-refractivity contribution < 1.29 is 14.3 Å². The van der Waals surface area contributed by atoms with Gasteiger partial charge in [0.15, 0.2) is 6.61 Å². The number of ether oxygens (including phenoxy) is 2. The van der Waals surface area contributed by atoms with E-state index in [-0.39, 0.29) is 12.5 Å². The second-order valence-electron chi connectivity index (χ2n) is 6.92. The second-order valence-corrected chi connectivity index (χ2v) is 6.92. The Morgan fingerprint density at radius 1 is 1.07 bits per heavy atom. The Morgan fingerprint density at radius 3 is 2.57 bits per heavy atom. The largest absolute Gasteiger partial charge is 0.491 e. The molecule has 0 aliphatic heterocycles. The van der Waals surface area contributed by atoms with E-state index in [1.807, 2.05) is 48.5 Å². The third kappa shape index (κ3) is 4.80. The van der Waals surface area contributed by atoms with E-state index in [0.29, 0.717) is 24.0 Å². The van der Waals surface area contributed by atoms with Crippen LogP contribution in [0.1, 0.15) is 38.7 Å². The van der Waals surface area contributed by atoms with E-state index in [9.17, 15) is 4.79 Å². The smallest absolute Gasteiger partial charge is 0.262 e. The second kappa shape index (κ2) is 9.22. The molecule has 28 heavy (non-hydrogen) atoms. The first-order valence-electron chi connectivity index (χ1n) is 9.61. The maximum absolute atomic E-state index is 12.4. The first kappa shape index (κ1) is 19.7. The Hall–Kier alpha value is -3.08. The average Bonchev–Trinajstić information content (AvgIpc) is 2.72. The first-order valence-corrected chi connectivity index (χ1v) is 9.61. The maximum atomic E-state index is 12.4. The SMILES string of the molecule is CCCOc1ccc(NC(=O)COc2ccc(C(C)C)cc2)c2cccnc12. The quantitative estimate of drug-likeness (QED) is 0.588. The lowest BCUT2D eigenvalue weighted by atomic mass is 10.0. The molecule has 146 valence electrons. The molecule has 1 heterocycles. The summed E-state index contributed by atoms with van der Waals surface area (Å²) in [6.07, 6.45) is 2.64. The molecule has 0 radical (unpaired) electrons. The third-order valence-electron chi connectivity index (χ3n) is 4.39. The van der Waals surface area contributed by atoms with Gasteiger partial charge in [0.2, 0.25) is 0 Å². The minimum absolute atomic E-state index is 0.0587. The van der Waals surface area contributed by atoms with Crippen molar-refractivity contribution >= 4 is 22.5 Å². The van der Waals surface area contributed by atoms with Gasteiger partial charge in [-0.25, -0.2) is 0 Å². The number of amides is 1. The lowest BCUT2D eigenvalue weighted by molar-refractivity contribution is -0.118. The number of nitrogens with zero attached hydrogens (tertiary/aromatic N) is 1. The topological polar surface area (TPSA) is 60.5 Å². The summed E-state index contributed by atoms with van der Waals surface area (Å²) in [5.74, 6) is 1.63. The lowest BCUT2D eigenvalue weighted by Gasteiger charge is -2.13. The van der Waals surface area contributed by atoms with E-state index < -0.39 is 0 Å². The zero-order valence-corrected chi connectivity index (χ0v) is 16.6. The van der Waals surface area contributed by atoms with Crippen molar-refractivity contribution in [2.45, 2.75) is 33.1 Å². The van der Waals surface area contributed by atoms with Crippen molar-refractivity contribution in [3.63, 3.8) is 0 Å². The van der Waals surface area contributed by atoms with Crippen LogP contribution in [0.15, 0.2) is 54.7 Å². The van der Waals surface area contributed by atoms with Crippen LogP contribution in [0.25, 0.3) is 10.9 Å². The standard InChI is InChI=1S/C23H26N2O3/c1-4-14-27-21-12-11-20(19-6-5-13-24-23(19)21)25-22(26)15-28-18-9-7-17(8-10-18)16(2)3/h5-13,16H,4,14-15H2,1-3H3,(H,25,26). The van der Waals surface area contributed by atoms with Gasteiger partial charge in [0.1, 0.15) is 17.0 Å². The predicted molar refractivity (Wildman–Crippen MR) is 112 cm³/mol. The molecule has 5 heteroatoms. The number of benzene rings is 2. The number of hydrogen-bond acceptors (Lipinski definition) is 4. The van der Waals surface area contributed by atoms with Crippen molar-refractivity contribution in [2.75, 3.05) is 18.5 Å². The normalized spacial score (nSPS) is 10.9. The molecule has 2 aromatic carbocycles. The highest BCUT2D eigenvalue weighted by molar-refractivity contribution is 6.03. The zero-order chi connectivity index (χ0) is 19.9. The van der Waals surface area contributed by atoms with Gasteiger partial charge in [0.05, 0.1) is 12.3 Å². The number of carbonyl (C=O) groups is 1. The summed E-state index contributed by atoms with van der Waals surface area (Å²) in [7, 11) is 0. The van der Waals surface area contributed by atoms with Gasteiger partial charge in [-0.2, -0.15) is 0 Å². The summed E-state index contributed by atoms with van der Waals surface area (Å²) in [5, 5.41) is 3.75. The summed E-state index contributed by atoms with van der Waals surface area (Å²) in [6.45, 7) is 6.90. The molecule has 0 aliphatic carbocycles. The number of nitrogens with one attached hydrogen (secondary N) is 1. The van der Waals surface area contributed by atoms with Crippen LogP contribution in [0.5, 0.6) is 11.5 Å². The van der Waals surface area contributed by atoms with Crippen molar-refractivity contribution in [1.82, 2.24) is 4.98 Å². The van der Waals surface area contributed by atoms with Gasteiger partial charge < -0.3 is 14.8 Å². The van der Waals surface area contributed by atoms with Crippen LogP contribution >= 0.6 is 0 Å². The van der Waals surface area contributed by atoms with E-state index in [4.69, 9.17) is 9.47 Å². The van der Waals surface area contributed by atoms with Crippen LogP contribution in [0, 0.1) is 0 Å². The highest BCUT2D eigenvalue weighted by Gasteiger charge is 2.11. The molecule has 0 fully saturated rings. The van der Waals surface area contributed by atoms with Gasteiger partial charge in [-0.15, -0.1) is 0 Å². The number of pyridine rings is 1. The first-order chi connectivity index (χ1) is 13.6. The Kier molecular flexibility index (Phi) is 6.48. The highest BCUT2D eigenvalue weighted by Crippen LogP contribution is 2.30. The summed E-state index contributed by atoms with van der Waals surface area (Å²) < 4.78 is 11.4. The van der Waals surface area contributed by atoms with E-state index in [0.717, 1.165) is 23.1 Å². The molecule has 3 rings (SSSR count). The molecule has 0 bridgehead atoms. The molecule has 1 N–H and O–H groups in total. The summed E-state index contributed by atoms with van der Waals surface area (Å²) >= 11 is 0. The minimum Gasteiger partial charge on any atom is -0.491 e. The fraction of sp³-hybridized carbons (Fsp3) is 0.304. The van der Waals surface area contributed by atoms with Crippen LogP contribution < -0.4 is 14.8 Å². The molecule has 5 nitrogen and oxygen atoms in total. The average molecular weight is 378 g/mol. The summed E-state index contributed by atoms with van der Waals surface area (Å²) in [4.78, 5) is 16.8. The van der Waals surface area contributed by atoms with Gasteiger partial charge in [-0.1, -0.05) is 32.9 Å². The Balaban J connectivity index is 1.67. The molecule has 0 saturated heterocycles. The van der Waals surface area contributed by atoms with E-state index in [1.165, 1.54) is 5.56 Å². The van der Waals surface area contributed by atoms with Crippen LogP contribution in [0.4, 0.5) is 5.69 Å². The molecule has 0 aliphatic rings. The van der Waals surface area contributed by atoms with Crippen molar-refractivity contribution in [3.05, 3.63) is 60.3 Å². The fourth-order valence-corrected chi connectivity index (χ4v) is 2.87. The Morgan fingerprint density at radius 2 is 1.86 bits per heavy atom. The number of aromatic nitrogens is 1. The van der Waals surface area contributed by atoms with E-state index in [1.54, 1.807) is 6.20 Å². The molecule has 0 unspecified atom stereocenters. The molecule has 1 amide bonds. The van der Waals surface area contributed by atoms with E-state index >= 15 is 0 Å². The monoisotopic (exact) mass is 378 g/mol. The minimum atomic E-state index is -0.222. The van der Waals surface area contributed by atoms with Crippen LogP contribution in [0.3, 0.4) is 0 Å². The van der Waals surface area contributed by atoms with Crippen LogP contribution in [0.2, 0.25) is 0 Å². The highest BCUT2D eigenvalue weighted by atomic mass is 16.5. The van der Waals surface area contributed by atoms with E-state index in [2.05, 4.69) is 31.1 Å². The number of fused-ring (bicyclic) bond motifs is 1. The van der Waals surface area contributed by atoms with Gasteiger partial charge >= 0.3 is 0 Å². The van der Waals surface area contributed by atoms with Crippen molar-refractivity contribution in [1.29, 1.82) is 0 Å². The zero-order valence-electron chi connectivity index (χ0n) is 16.6. The van der Waals surface area contributed by atoms with Crippen LogP contribution in [-0.4, -0.2) is 24.1 Å². The molecule has 0 atom stereocenters. The van der Waals surface area contributed by atoms with Crippen molar-refractivity contribution in [2.24, 2.45) is 0 Å². The molecule has 0 spiro atoms. The molecular weight excluding hydrogens is 352 g/mol. The predicted octanol–water partition coefficient (Wildman–Crippen LogP) is 5.16. The summed E-state index contributed by atoms with van der Waals surface area (Å²) in [6, 6.07) is 15.3.